The van der Waals surface area contributed by atoms with Gasteiger partial charge in [0.05, 0.1) is 16.9 Å². The molecular formula is C53H34N6. The maximum atomic E-state index is 5.21. The van der Waals surface area contributed by atoms with Crippen LogP contribution in [0.25, 0.3) is 106 Å². The van der Waals surface area contributed by atoms with Gasteiger partial charge in [0.25, 0.3) is 0 Å². The lowest BCUT2D eigenvalue weighted by molar-refractivity contribution is 1.07. The van der Waals surface area contributed by atoms with Crippen molar-refractivity contribution in [1.29, 1.82) is 0 Å². The van der Waals surface area contributed by atoms with Crippen LogP contribution in [0.1, 0.15) is 0 Å². The van der Waals surface area contributed by atoms with Crippen LogP contribution in [0.4, 0.5) is 0 Å². The minimum atomic E-state index is 0.641. The van der Waals surface area contributed by atoms with Crippen LogP contribution in [0.15, 0.2) is 207 Å². The van der Waals surface area contributed by atoms with Gasteiger partial charge < -0.3 is 4.40 Å². The van der Waals surface area contributed by atoms with Gasteiger partial charge in [-0.1, -0.05) is 182 Å². The third kappa shape index (κ3) is 6.39. The average Bonchev–Trinajstić information content (AvgIpc) is 3.77. The predicted octanol–water partition coefficient (Wildman–Crippen LogP) is 12.9. The van der Waals surface area contributed by atoms with Gasteiger partial charge in [0.1, 0.15) is 5.65 Å². The summed E-state index contributed by atoms with van der Waals surface area (Å²) in [7, 11) is 0. The Morgan fingerprint density at radius 1 is 0.305 bits per heavy atom. The van der Waals surface area contributed by atoms with E-state index >= 15 is 0 Å². The molecule has 6 nitrogen and oxygen atoms in total. The number of benzene rings is 7. The predicted molar refractivity (Wildman–Crippen MR) is 239 cm³/mol. The van der Waals surface area contributed by atoms with E-state index in [1.165, 1.54) is 0 Å². The molecule has 0 aliphatic heterocycles. The summed E-state index contributed by atoms with van der Waals surface area (Å²) in [5, 5.41) is 3.27. The van der Waals surface area contributed by atoms with E-state index in [0.717, 1.165) is 88.8 Å². The number of fused-ring (bicyclic) bond motifs is 5. The highest BCUT2D eigenvalue weighted by Crippen LogP contribution is 2.37. The lowest BCUT2D eigenvalue weighted by Gasteiger charge is -2.12. The molecule has 6 heteroatoms. The van der Waals surface area contributed by atoms with Crippen LogP contribution in [0, 0.1) is 0 Å². The van der Waals surface area contributed by atoms with Crippen molar-refractivity contribution in [2.75, 3.05) is 0 Å². The lowest BCUT2D eigenvalue weighted by Crippen LogP contribution is -2.00. The maximum absolute atomic E-state index is 5.21. The summed E-state index contributed by atoms with van der Waals surface area (Å²) < 4.78 is 2.13. The molecule has 0 fully saturated rings. The first-order valence-corrected chi connectivity index (χ1v) is 19.7. The molecule has 0 atom stereocenters. The summed E-state index contributed by atoms with van der Waals surface area (Å²) in [6.07, 6.45) is 4.20. The highest BCUT2D eigenvalue weighted by atomic mass is 15.0. The van der Waals surface area contributed by atoms with E-state index in [4.69, 9.17) is 24.9 Å². The Kier molecular flexibility index (Phi) is 8.37. The van der Waals surface area contributed by atoms with Crippen LogP contribution in [0.5, 0.6) is 0 Å². The summed E-state index contributed by atoms with van der Waals surface area (Å²) >= 11 is 0. The van der Waals surface area contributed by atoms with Crippen molar-refractivity contribution in [3.05, 3.63) is 207 Å². The van der Waals surface area contributed by atoms with Gasteiger partial charge in [0, 0.05) is 56.4 Å². The summed E-state index contributed by atoms with van der Waals surface area (Å²) in [4.78, 5) is 25.0. The van der Waals surface area contributed by atoms with Gasteiger partial charge in [0.15, 0.2) is 17.5 Å². The van der Waals surface area contributed by atoms with Crippen LogP contribution in [0.2, 0.25) is 0 Å². The van der Waals surface area contributed by atoms with Crippen LogP contribution in [-0.2, 0) is 0 Å². The number of aromatic nitrogens is 6. The fraction of sp³-hybridized carbons (Fsp3) is 0. The van der Waals surface area contributed by atoms with Crippen molar-refractivity contribution in [2.24, 2.45) is 0 Å². The summed E-state index contributed by atoms with van der Waals surface area (Å²) in [5.41, 5.74) is 13.3. The SMILES string of the molecule is c1ccc(-c2cn3ccc4c(-c5ccc(-c6ccc(-c7ccc(-c8nc(-c9ccccc9)nc(-c9ccccc9)n8)cc7)cc6)cc5)nc5ccccc5c4c3n2)cc1. The minimum Gasteiger partial charge on any atom is -0.306 e. The van der Waals surface area contributed by atoms with E-state index < -0.39 is 0 Å². The van der Waals surface area contributed by atoms with Gasteiger partial charge >= 0.3 is 0 Å². The molecule has 276 valence electrons. The van der Waals surface area contributed by atoms with Crippen LogP contribution >= 0.6 is 0 Å². The Bertz CT molecular complexity index is 3210. The Labute approximate surface area is 340 Å². The normalized spacial score (nSPS) is 11.4. The van der Waals surface area contributed by atoms with Crippen molar-refractivity contribution < 1.29 is 0 Å². The molecule has 0 bridgehead atoms. The first-order valence-electron chi connectivity index (χ1n) is 19.7. The van der Waals surface area contributed by atoms with Crippen molar-refractivity contribution in [3.63, 3.8) is 0 Å². The Hall–Kier alpha value is -8.09. The fourth-order valence-electron chi connectivity index (χ4n) is 7.87. The van der Waals surface area contributed by atoms with Crippen molar-refractivity contribution in [3.8, 4) is 78.9 Å². The first-order chi connectivity index (χ1) is 29.2. The smallest absolute Gasteiger partial charge is 0.164 e. The number of rotatable bonds is 7. The molecule has 0 aliphatic rings. The third-order valence-corrected chi connectivity index (χ3v) is 10.9. The van der Waals surface area contributed by atoms with Crippen molar-refractivity contribution in [1.82, 2.24) is 29.3 Å². The first kappa shape index (κ1) is 34.2. The van der Waals surface area contributed by atoms with Gasteiger partial charge in [-0.15, -0.1) is 0 Å². The van der Waals surface area contributed by atoms with E-state index in [0.29, 0.717) is 17.5 Å². The van der Waals surface area contributed by atoms with Crippen molar-refractivity contribution >= 4 is 27.3 Å². The largest absolute Gasteiger partial charge is 0.306 e. The van der Waals surface area contributed by atoms with E-state index in [9.17, 15) is 0 Å². The molecule has 0 amide bonds. The topological polar surface area (TPSA) is 68.9 Å². The quantitative estimate of drug-likeness (QED) is 0.152. The molecule has 4 aromatic heterocycles. The van der Waals surface area contributed by atoms with Crippen LogP contribution < -0.4 is 0 Å². The molecule has 11 aromatic rings. The number of hydrogen-bond acceptors (Lipinski definition) is 5. The van der Waals surface area contributed by atoms with Gasteiger partial charge in [-0.25, -0.2) is 24.9 Å². The van der Waals surface area contributed by atoms with E-state index in [-0.39, 0.29) is 0 Å². The number of imidazole rings is 1. The van der Waals surface area contributed by atoms with Crippen molar-refractivity contribution in [2.45, 2.75) is 0 Å². The molecule has 0 N–H and O–H groups in total. The van der Waals surface area contributed by atoms with Crippen LogP contribution in [-0.4, -0.2) is 29.3 Å². The van der Waals surface area contributed by atoms with Gasteiger partial charge in [-0.05, 0) is 34.4 Å². The zero-order valence-electron chi connectivity index (χ0n) is 31.8. The molecule has 7 aromatic carbocycles. The standard InChI is InChI=1S/C53H34N6/c1-4-12-39(13-5-1)47-34-59-33-32-45-48(53(59)55-47)44-18-10-11-19-46(44)54-49(45)40-28-24-37(25-29-40)35-20-22-36(23-21-35)38-26-30-43(31-27-38)52-57-50(41-14-6-2-7-15-41)56-51(58-52)42-16-8-3-9-17-42/h1-34H. The molecule has 59 heavy (non-hydrogen) atoms. The van der Waals surface area contributed by atoms with Gasteiger partial charge in [-0.2, -0.15) is 0 Å². The number of pyridine rings is 2. The maximum Gasteiger partial charge on any atom is 0.164 e. The lowest BCUT2D eigenvalue weighted by atomic mass is 9.97. The van der Waals surface area contributed by atoms with Gasteiger partial charge in [-0.3, -0.25) is 0 Å². The molecule has 0 unspecified atom stereocenters. The number of hydrogen-bond donors (Lipinski definition) is 0. The number of nitrogens with zero attached hydrogens (tertiary/aromatic N) is 6. The van der Waals surface area contributed by atoms with Gasteiger partial charge in [0.2, 0.25) is 0 Å². The molecule has 0 aliphatic carbocycles. The van der Waals surface area contributed by atoms with E-state index in [1.54, 1.807) is 0 Å². The summed E-state index contributed by atoms with van der Waals surface area (Å²) in [5.74, 6) is 1.94. The zero-order chi connectivity index (χ0) is 39.1. The molecule has 0 saturated carbocycles. The van der Waals surface area contributed by atoms with E-state index in [2.05, 4.69) is 138 Å². The van der Waals surface area contributed by atoms with Crippen LogP contribution in [0.3, 0.4) is 0 Å². The molecule has 0 saturated heterocycles. The highest BCUT2D eigenvalue weighted by molar-refractivity contribution is 6.16. The Morgan fingerprint density at radius 2 is 0.729 bits per heavy atom. The second-order valence-corrected chi connectivity index (χ2v) is 14.6. The Balaban J connectivity index is 0.885. The molecule has 4 heterocycles. The number of para-hydroxylation sites is 1. The fourth-order valence-corrected chi connectivity index (χ4v) is 7.87. The van der Waals surface area contributed by atoms with E-state index in [1.807, 2.05) is 72.8 Å². The Morgan fingerprint density at radius 3 is 1.25 bits per heavy atom. The summed E-state index contributed by atoms with van der Waals surface area (Å²) in [6, 6.07) is 66.9. The molecule has 0 radical (unpaired) electrons. The minimum absolute atomic E-state index is 0.641. The second-order valence-electron chi connectivity index (χ2n) is 14.6. The monoisotopic (exact) mass is 754 g/mol. The average molecular weight is 755 g/mol. The zero-order valence-corrected chi connectivity index (χ0v) is 31.8. The second kappa shape index (κ2) is 14.4. The summed E-state index contributed by atoms with van der Waals surface area (Å²) in [6.45, 7) is 0. The highest BCUT2D eigenvalue weighted by Gasteiger charge is 2.17. The molecule has 11 rings (SSSR count). The molecular weight excluding hydrogens is 721 g/mol. The molecule has 0 spiro atoms. The third-order valence-electron chi connectivity index (χ3n) is 10.9.